The fourth-order valence-electron chi connectivity index (χ4n) is 1.42. The Labute approximate surface area is 96.1 Å². The summed E-state index contributed by atoms with van der Waals surface area (Å²) >= 11 is 1.55. The third-order valence-electron chi connectivity index (χ3n) is 2.18. The molecule has 80 valence electrons. The summed E-state index contributed by atoms with van der Waals surface area (Å²) in [4.78, 5) is 4.37. The van der Waals surface area contributed by atoms with Crippen molar-refractivity contribution in [1.82, 2.24) is 15.2 Å². The first-order valence-electron chi connectivity index (χ1n) is 4.88. The van der Waals surface area contributed by atoms with E-state index >= 15 is 0 Å². The summed E-state index contributed by atoms with van der Waals surface area (Å²) in [5.41, 5.74) is 2.79. The highest BCUT2D eigenvalue weighted by Gasteiger charge is 2.05. The maximum absolute atomic E-state index is 5.58. The third-order valence-corrected chi connectivity index (χ3v) is 3.06. The van der Waals surface area contributed by atoms with Gasteiger partial charge in [0.25, 0.3) is 5.22 Å². The summed E-state index contributed by atoms with van der Waals surface area (Å²) in [6, 6.07) is 9.70. The van der Waals surface area contributed by atoms with E-state index in [4.69, 9.17) is 4.42 Å². The Morgan fingerprint density at radius 1 is 1.25 bits per heavy atom. The third kappa shape index (κ3) is 1.81. The first-order valence-corrected chi connectivity index (χ1v) is 5.87. The molecule has 1 aromatic carbocycles. The average molecular weight is 231 g/mol. The molecule has 16 heavy (non-hydrogen) atoms. The van der Waals surface area contributed by atoms with Crippen LogP contribution in [-0.2, 0) is 5.75 Å². The first-order chi connectivity index (χ1) is 7.92. The van der Waals surface area contributed by atoms with Gasteiger partial charge in [-0.1, -0.05) is 23.9 Å². The van der Waals surface area contributed by atoms with Gasteiger partial charge in [-0.3, -0.25) is 5.10 Å². The smallest absolute Gasteiger partial charge is 0.257 e. The molecule has 0 atom stereocenters. The summed E-state index contributed by atoms with van der Waals surface area (Å²) in [7, 11) is 0. The van der Waals surface area contributed by atoms with Gasteiger partial charge in [-0.05, 0) is 18.2 Å². The number of nitrogens with zero attached hydrogens (tertiary/aromatic N) is 2. The SMILES string of the molecule is c1ccc2oc(SCc3ccn[nH]3)nc2c1. The fourth-order valence-corrected chi connectivity index (χ4v) is 2.17. The molecule has 0 spiro atoms. The van der Waals surface area contributed by atoms with E-state index in [1.807, 2.05) is 30.3 Å². The number of benzene rings is 1. The lowest BCUT2D eigenvalue weighted by Crippen LogP contribution is -1.80. The van der Waals surface area contributed by atoms with E-state index in [-0.39, 0.29) is 0 Å². The summed E-state index contributed by atoms with van der Waals surface area (Å²) in [5, 5.41) is 7.48. The zero-order valence-corrected chi connectivity index (χ0v) is 9.20. The largest absolute Gasteiger partial charge is 0.431 e. The minimum absolute atomic E-state index is 0.691. The number of hydrogen-bond donors (Lipinski definition) is 1. The van der Waals surface area contributed by atoms with Crippen LogP contribution in [0.5, 0.6) is 0 Å². The number of H-pyrrole nitrogens is 1. The lowest BCUT2D eigenvalue weighted by molar-refractivity contribution is 0.489. The van der Waals surface area contributed by atoms with Crippen LogP contribution in [0.25, 0.3) is 11.1 Å². The molecule has 0 aliphatic heterocycles. The monoisotopic (exact) mass is 231 g/mol. The minimum atomic E-state index is 0.691. The number of thioether (sulfide) groups is 1. The van der Waals surface area contributed by atoms with Crippen molar-refractivity contribution in [3.63, 3.8) is 0 Å². The maximum atomic E-state index is 5.58. The molecule has 2 heterocycles. The number of hydrogen-bond acceptors (Lipinski definition) is 4. The molecule has 1 N–H and O–H groups in total. The standard InChI is InChI=1S/C11H9N3OS/c1-2-4-10-9(3-1)13-11(15-10)16-7-8-5-6-12-14-8/h1-6H,7H2,(H,12,14). The molecule has 3 aromatic rings. The van der Waals surface area contributed by atoms with Crippen molar-refractivity contribution >= 4 is 22.9 Å². The van der Waals surface area contributed by atoms with Crippen molar-refractivity contribution < 1.29 is 4.42 Å². The molecular formula is C11H9N3OS. The highest BCUT2D eigenvalue weighted by atomic mass is 32.2. The second-order valence-electron chi connectivity index (χ2n) is 3.32. The molecule has 2 aromatic heterocycles. The van der Waals surface area contributed by atoms with Gasteiger partial charge < -0.3 is 4.42 Å². The predicted octanol–water partition coefficient (Wildman–Crippen LogP) is 2.84. The van der Waals surface area contributed by atoms with Crippen LogP contribution < -0.4 is 0 Å². The molecule has 0 amide bonds. The van der Waals surface area contributed by atoms with Crippen LogP contribution in [0.15, 0.2) is 46.2 Å². The number of aromatic nitrogens is 3. The quantitative estimate of drug-likeness (QED) is 0.704. The van der Waals surface area contributed by atoms with E-state index in [2.05, 4.69) is 15.2 Å². The van der Waals surface area contributed by atoms with Gasteiger partial charge in [-0.2, -0.15) is 5.10 Å². The van der Waals surface area contributed by atoms with Gasteiger partial charge in [-0.25, -0.2) is 4.98 Å². The molecule has 0 fully saturated rings. The van der Waals surface area contributed by atoms with E-state index in [1.165, 1.54) is 0 Å². The lowest BCUT2D eigenvalue weighted by atomic mass is 10.3. The summed E-state index contributed by atoms with van der Waals surface area (Å²) in [6.45, 7) is 0. The first kappa shape index (κ1) is 9.47. The molecule has 3 rings (SSSR count). The number of para-hydroxylation sites is 2. The zero-order chi connectivity index (χ0) is 10.8. The second kappa shape index (κ2) is 4.02. The summed E-state index contributed by atoms with van der Waals surface area (Å²) in [5.74, 6) is 0.785. The Hall–Kier alpha value is -1.75. The van der Waals surface area contributed by atoms with Crippen molar-refractivity contribution in [3.8, 4) is 0 Å². The minimum Gasteiger partial charge on any atom is -0.431 e. The highest BCUT2D eigenvalue weighted by Crippen LogP contribution is 2.25. The Morgan fingerprint density at radius 2 is 2.19 bits per heavy atom. The predicted molar refractivity (Wildman–Crippen MR) is 62.2 cm³/mol. The summed E-state index contributed by atoms with van der Waals surface area (Å²) < 4.78 is 5.58. The van der Waals surface area contributed by atoms with Gasteiger partial charge in [-0.15, -0.1) is 0 Å². The molecule has 0 aliphatic carbocycles. The van der Waals surface area contributed by atoms with Crippen LogP contribution in [0.2, 0.25) is 0 Å². The molecule has 0 saturated carbocycles. The van der Waals surface area contributed by atoms with Gasteiger partial charge in [0.15, 0.2) is 5.58 Å². The van der Waals surface area contributed by atoms with Crippen LogP contribution in [0.4, 0.5) is 0 Å². The molecule has 0 saturated heterocycles. The highest BCUT2D eigenvalue weighted by molar-refractivity contribution is 7.98. The van der Waals surface area contributed by atoms with Crippen LogP contribution in [0, 0.1) is 0 Å². The summed E-state index contributed by atoms with van der Waals surface area (Å²) in [6.07, 6.45) is 1.74. The molecule has 4 nitrogen and oxygen atoms in total. The molecule has 0 bridgehead atoms. The lowest BCUT2D eigenvalue weighted by Gasteiger charge is -1.91. The number of oxazole rings is 1. The van der Waals surface area contributed by atoms with Crippen molar-refractivity contribution in [3.05, 3.63) is 42.2 Å². The molecule has 0 aliphatic rings. The van der Waals surface area contributed by atoms with Crippen LogP contribution in [-0.4, -0.2) is 15.2 Å². The average Bonchev–Trinajstić information content (AvgIpc) is 2.95. The van der Waals surface area contributed by atoms with E-state index in [9.17, 15) is 0 Å². The number of aromatic amines is 1. The normalized spacial score (nSPS) is 11.0. The fraction of sp³-hybridized carbons (Fsp3) is 0.0909. The van der Waals surface area contributed by atoms with Gasteiger partial charge in [0.2, 0.25) is 0 Å². The zero-order valence-electron chi connectivity index (χ0n) is 8.38. The Kier molecular flexibility index (Phi) is 2.38. The van der Waals surface area contributed by atoms with Crippen molar-refractivity contribution in [2.75, 3.05) is 0 Å². The number of rotatable bonds is 3. The van der Waals surface area contributed by atoms with Crippen molar-refractivity contribution in [2.45, 2.75) is 11.0 Å². The van der Waals surface area contributed by atoms with E-state index in [1.54, 1.807) is 18.0 Å². The topological polar surface area (TPSA) is 54.7 Å². The Balaban J connectivity index is 1.79. The van der Waals surface area contributed by atoms with Crippen LogP contribution in [0.3, 0.4) is 0 Å². The second-order valence-corrected chi connectivity index (χ2v) is 4.24. The number of fused-ring (bicyclic) bond motifs is 1. The van der Waals surface area contributed by atoms with E-state index in [0.717, 1.165) is 22.5 Å². The maximum Gasteiger partial charge on any atom is 0.257 e. The van der Waals surface area contributed by atoms with E-state index in [0.29, 0.717) is 5.22 Å². The van der Waals surface area contributed by atoms with Crippen LogP contribution in [0.1, 0.15) is 5.69 Å². The van der Waals surface area contributed by atoms with Crippen molar-refractivity contribution in [2.24, 2.45) is 0 Å². The van der Waals surface area contributed by atoms with Crippen molar-refractivity contribution in [1.29, 1.82) is 0 Å². The van der Waals surface area contributed by atoms with Gasteiger partial charge in [0.1, 0.15) is 5.52 Å². The van der Waals surface area contributed by atoms with E-state index < -0.39 is 0 Å². The Bertz CT molecular complexity index is 555. The van der Waals surface area contributed by atoms with Gasteiger partial charge >= 0.3 is 0 Å². The van der Waals surface area contributed by atoms with Gasteiger partial charge in [0, 0.05) is 17.6 Å². The van der Waals surface area contributed by atoms with Crippen LogP contribution >= 0.6 is 11.8 Å². The molecule has 0 unspecified atom stereocenters. The molecular weight excluding hydrogens is 222 g/mol. The molecule has 5 heteroatoms. The number of nitrogens with one attached hydrogen (secondary N) is 1. The Morgan fingerprint density at radius 3 is 3.00 bits per heavy atom. The molecule has 0 radical (unpaired) electrons. The van der Waals surface area contributed by atoms with Gasteiger partial charge in [0.05, 0.1) is 0 Å².